The number of rotatable bonds is 1. The number of imidazole rings is 1. The van der Waals surface area contributed by atoms with Gasteiger partial charge in [-0.25, -0.2) is 9.78 Å². The fourth-order valence-electron chi connectivity index (χ4n) is 1.98. The fourth-order valence-corrected chi connectivity index (χ4v) is 2.14. The lowest BCUT2D eigenvalue weighted by Crippen LogP contribution is -2.36. The number of H-pyrrole nitrogens is 1. The monoisotopic (exact) mass is 291 g/mol. The lowest BCUT2D eigenvalue weighted by atomic mass is 10.3. The summed E-state index contributed by atoms with van der Waals surface area (Å²) in [6.07, 6.45) is 1.54. The predicted molar refractivity (Wildman–Crippen MR) is 74.8 cm³/mol. The molecule has 3 heterocycles. The minimum Gasteiger partial charge on any atom is -0.331 e. The SMILES string of the molecule is Cn1c(=O)c2[nH]c(-c3cc(Cl)ccn3)nc2n(C)c1=O. The van der Waals surface area contributed by atoms with E-state index in [-0.39, 0.29) is 11.2 Å². The highest BCUT2D eigenvalue weighted by atomic mass is 35.5. The molecule has 0 aliphatic heterocycles. The van der Waals surface area contributed by atoms with E-state index < -0.39 is 11.2 Å². The number of hydrogen-bond donors (Lipinski definition) is 1. The van der Waals surface area contributed by atoms with E-state index >= 15 is 0 Å². The summed E-state index contributed by atoms with van der Waals surface area (Å²) in [6, 6.07) is 3.27. The zero-order chi connectivity index (χ0) is 14.4. The number of fused-ring (bicyclic) bond motifs is 1. The number of pyridine rings is 1. The molecule has 1 N–H and O–H groups in total. The molecule has 0 saturated carbocycles. The average molecular weight is 292 g/mol. The van der Waals surface area contributed by atoms with Crippen LogP contribution in [0.3, 0.4) is 0 Å². The van der Waals surface area contributed by atoms with Gasteiger partial charge >= 0.3 is 5.69 Å². The van der Waals surface area contributed by atoms with Crippen LogP contribution >= 0.6 is 11.6 Å². The van der Waals surface area contributed by atoms with Crippen molar-refractivity contribution >= 4 is 22.8 Å². The molecule has 20 heavy (non-hydrogen) atoms. The van der Waals surface area contributed by atoms with Crippen molar-refractivity contribution in [3.05, 3.63) is 44.2 Å². The van der Waals surface area contributed by atoms with E-state index in [1.807, 2.05) is 0 Å². The molecule has 0 aliphatic carbocycles. The second-order valence-corrected chi connectivity index (χ2v) is 4.79. The second-order valence-electron chi connectivity index (χ2n) is 4.35. The van der Waals surface area contributed by atoms with Crippen molar-refractivity contribution < 1.29 is 0 Å². The van der Waals surface area contributed by atoms with Gasteiger partial charge in [-0.3, -0.25) is 18.9 Å². The Labute approximate surface area is 117 Å². The molecule has 3 aromatic rings. The molecule has 0 amide bonds. The van der Waals surface area contributed by atoms with Crippen molar-refractivity contribution in [1.29, 1.82) is 0 Å². The third-order valence-corrected chi connectivity index (χ3v) is 3.29. The zero-order valence-corrected chi connectivity index (χ0v) is 11.5. The average Bonchev–Trinajstić information content (AvgIpc) is 2.88. The third-order valence-electron chi connectivity index (χ3n) is 3.06. The Morgan fingerprint density at radius 2 is 2.00 bits per heavy atom. The van der Waals surface area contributed by atoms with Crippen LogP contribution in [0.15, 0.2) is 27.9 Å². The van der Waals surface area contributed by atoms with Crippen molar-refractivity contribution in [2.45, 2.75) is 0 Å². The quantitative estimate of drug-likeness (QED) is 0.714. The predicted octanol–water partition coefficient (Wildman–Crippen LogP) is 0.676. The topological polar surface area (TPSA) is 85.6 Å². The van der Waals surface area contributed by atoms with Gasteiger partial charge in [-0.1, -0.05) is 11.6 Å². The molecule has 0 aliphatic rings. The molecule has 3 rings (SSSR count). The number of nitrogens with one attached hydrogen (secondary N) is 1. The molecule has 0 spiro atoms. The molecule has 0 saturated heterocycles. The molecule has 0 radical (unpaired) electrons. The first-order valence-electron chi connectivity index (χ1n) is 5.76. The summed E-state index contributed by atoms with van der Waals surface area (Å²) < 4.78 is 2.33. The number of hydrogen-bond acceptors (Lipinski definition) is 4. The molecule has 0 unspecified atom stereocenters. The maximum atomic E-state index is 12.0. The largest absolute Gasteiger partial charge is 0.332 e. The van der Waals surface area contributed by atoms with Gasteiger partial charge in [0.05, 0.1) is 0 Å². The maximum absolute atomic E-state index is 12.0. The first kappa shape index (κ1) is 12.6. The van der Waals surface area contributed by atoms with E-state index in [1.54, 1.807) is 25.4 Å². The van der Waals surface area contributed by atoms with Crippen LogP contribution in [-0.4, -0.2) is 24.1 Å². The van der Waals surface area contributed by atoms with Crippen LogP contribution in [0.4, 0.5) is 0 Å². The first-order chi connectivity index (χ1) is 9.49. The molecule has 0 bridgehead atoms. The molecule has 0 atom stereocenters. The first-order valence-corrected chi connectivity index (χ1v) is 6.14. The molecular weight excluding hydrogens is 282 g/mol. The van der Waals surface area contributed by atoms with Crippen LogP contribution in [0.1, 0.15) is 0 Å². The summed E-state index contributed by atoms with van der Waals surface area (Å²) >= 11 is 5.90. The minimum absolute atomic E-state index is 0.256. The Morgan fingerprint density at radius 3 is 2.70 bits per heavy atom. The Kier molecular flexibility index (Phi) is 2.72. The highest BCUT2D eigenvalue weighted by molar-refractivity contribution is 6.30. The lowest BCUT2D eigenvalue weighted by Gasteiger charge is -2.00. The number of aromatic amines is 1. The summed E-state index contributed by atoms with van der Waals surface area (Å²) in [5.74, 6) is 0.390. The molecule has 0 aromatic carbocycles. The molecule has 0 fully saturated rings. The highest BCUT2D eigenvalue weighted by Gasteiger charge is 2.14. The van der Waals surface area contributed by atoms with E-state index in [4.69, 9.17) is 11.6 Å². The van der Waals surface area contributed by atoms with Crippen molar-refractivity contribution in [2.75, 3.05) is 0 Å². The fraction of sp³-hybridized carbons (Fsp3) is 0.167. The van der Waals surface area contributed by atoms with Crippen LogP contribution in [0.25, 0.3) is 22.7 Å². The number of nitrogens with zero attached hydrogens (tertiary/aromatic N) is 4. The van der Waals surface area contributed by atoms with E-state index in [0.717, 1.165) is 4.57 Å². The van der Waals surface area contributed by atoms with E-state index in [9.17, 15) is 9.59 Å². The molecule has 3 aromatic heterocycles. The number of aryl methyl sites for hydroxylation is 1. The van der Waals surface area contributed by atoms with Gasteiger partial charge in [-0.2, -0.15) is 0 Å². The second kappa shape index (κ2) is 4.31. The van der Waals surface area contributed by atoms with E-state index in [1.165, 1.54) is 11.6 Å². The summed E-state index contributed by atoms with van der Waals surface area (Å²) in [7, 11) is 2.97. The Morgan fingerprint density at radius 1 is 1.25 bits per heavy atom. The Balaban J connectivity index is 2.37. The lowest BCUT2D eigenvalue weighted by molar-refractivity contribution is 0.709. The van der Waals surface area contributed by atoms with Crippen LogP contribution < -0.4 is 11.2 Å². The molecule has 7 nitrogen and oxygen atoms in total. The van der Waals surface area contributed by atoms with Gasteiger partial charge in [-0.05, 0) is 12.1 Å². The molecule has 8 heteroatoms. The van der Waals surface area contributed by atoms with E-state index in [2.05, 4.69) is 15.0 Å². The van der Waals surface area contributed by atoms with Crippen molar-refractivity contribution in [3.8, 4) is 11.5 Å². The van der Waals surface area contributed by atoms with Gasteiger partial charge in [0.2, 0.25) is 0 Å². The summed E-state index contributed by atoms with van der Waals surface area (Å²) in [5.41, 5.74) is 0.188. The van der Waals surface area contributed by atoms with E-state index in [0.29, 0.717) is 16.5 Å². The van der Waals surface area contributed by atoms with Crippen molar-refractivity contribution in [1.82, 2.24) is 24.1 Å². The third kappa shape index (κ3) is 1.75. The zero-order valence-electron chi connectivity index (χ0n) is 10.7. The summed E-state index contributed by atoms with van der Waals surface area (Å²) in [6.45, 7) is 0. The van der Waals surface area contributed by atoms with Gasteiger partial charge in [0, 0.05) is 25.3 Å². The Bertz CT molecular complexity index is 937. The Hall–Kier alpha value is -2.41. The maximum Gasteiger partial charge on any atom is 0.332 e. The van der Waals surface area contributed by atoms with Crippen LogP contribution in [0.5, 0.6) is 0 Å². The van der Waals surface area contributed by atoms with Crippen molar-refractivity contribution in [2.24, 2.45) is 14.1 Å². The molecular formula is C12H10ClN5O2. The normalized spacial score (nSPS) is 11.2. The van der Waals surface area contributed by atoms with Gasteiger partial charge in [0.1, 0.15) is 11.2 Å². The summed E-state index contributed by atoms with van der Waals surface area (Å²) in [5, 5.41) is 0.511. The van der Waals surface area contributed by atoms with Gasteiger partial charge in [0.15, 0.2) is 11.5 Å². The number of aromatic nitrogens is 5. The van der Waals surface area contributed by atoms with Crippen LogP contribution in [-0.2, 0) is 14.1 Å². The summed E-state index contributed by atoms with van der Waals surface area (Å²) in [4.78, 5) is 35.2. The van der Waals surface area contributed by atoms with Gasteiger partial charge in [0.25, 0.3) is 5.56 Å². The minimum atomic E-state index is -0.431. The molecule has 102 valence electrons. The standard InChI is InChI=1S/C12H10ClN5O2/c1-17-10-8(11(19)18(2)12(17)20)15-9(16-10)7-5-6(13)3-4-14-7/h3-5H,1-2H3,(H,15,16). The smallest absolute Gasteiger partial charge is 0.331 e. The van der Waals surface area contributed by atoms with Gasteiger partial charge in [-0.15, -0.1) is 0 Å². The van der Waals surface area contributed by atoms with Crippen LogP contribution in [0, 0.1) is 0 Å². The van der Waals surface area contributed by atoms with Crippen LogP contribution in [0.2, 0.25) is 5.02 Å². The van der Waals surface area contributed by atoms with Crippen molar-refractivity contribution in [3.63, 3.8) is 0 Å². The number of halogens is 1. The van der Waals surface area contributed by atoms with Gasteiger partial charge < -0.3 is 4.98 Å². The highest BCUT2D eigenvalue weighted by Crippen LogP contribution is 2.18.